The lowest BCUT2D eigenvalue weighted by Crippen LogP contribution is -2.10. The minimum absolute atomic E-state index is 0.133. The van der Waals surface area contributed by atoms with Crippen LogP contribution < -0.4 is 11.3 Å². The molecule has 0 spiro atoms. The summed E-state index contributed by atoms with van der Waals surface area (Å²) < 4.78 is 1.51. The highest BCUT2D eigenvalue weighted by molar-refractivity contribution is 5.28. The largest absolute Gasteiger partial charge is 0.307 e. The van der Waals surface area contributed by atoms with Gasteiger partial charge in [-0.2, -0.15) is 5.26 Å². The molecule has 0 aliphatic carbocycles. The summed E-state index contributed by atoms with van der Waals surface area (Å²) in [6.45, 7) is 0.409. The van der Waals surface area contributed by atoms with Gasteiger partial charge in [0.15, 0.2) is 5.82 Å². The van der Waals surface area contributed by atoms with E-state index in [9.17, 15) is 0 Å². The third-order valence-electron chi connectivity index (χ3n) is 1.81. The average Bonchev–Trinajstić information content (AvgIpc) is 2.78. The highest BCUT2D eigenvalue weighted by Crippen LogP contribution is 2.00. The van der Waals surface area contributed by atoms with Gasteiger partial charge in [0, 0.05) is 0 Å². The van der Waals surface area contributed by atoms with Crippen LogP contribution in [0.3, 0.4) is 0 Å². The van der Waals surface area contributed by atoms with Crippen molar-refractivity contribution in [3.63, 3.8) is 0 Å². The Morgan fingerprint density at radius 1 is 1.38 bits per heavy atom. The van der Waals surface area contributed by atoms with Crippen LogP contribution in [-0.4, -0.2) is 24.7 Å². The van der Waals surface area contributed by atoms with Crippen molar-refractivity contribution in [2.24, 2.45) is 5.84 Å². The molecule has 0 radical (unpaired) electrons. The molecule has 2 aromatic heterocycles. The molecule has 16 heavy (non-hydrogen) atoms. The Kier molecular flexibility index (Phi) is 2.71. The lowest BCUT2D eigenvalue weighted by atomic mass is 10.4. The third-order valence-corrected chi connectivity index (χ3v) is 1.81. The van der Waals surface area contributed by atoms with E-state index in [4.69, 9.17) is 11.1 Å². The van der Waals surface area contributed by atoms with Crippen molar-refractivity contribution >= 4 is 5.82 Å². The number of nitrogens with zero attached hydrogens (tertiary/aromatic N) is 6. The van der Waals surface area contributed by atoms with Crippen molar-refractivity contribution in [1.82, 2.24) is 24.7 Å². The van der Waals surface area contributed by atoms with Crippen LogP contribution in [0.25, 0.3) is 0 Å². The standard InChI is InChI=1S/C8H8N8/c9-1-7-13-5-16(15-7)4-6-2-12-8(14-10)3-11-6/h2-3,5H,4,10H2,(H,12,14). The number of nitrogens with one attached hydrogen (secondary N) is 1. The summed E-state index contributed by atoms with van der Waals surface area (Å²) in [5.74, 6) is 5.78. The smallest absolute Gasteiger partial charge is 0.252 e. The lowest BCUT2D eigenvalue weighted by molar-refractivity contribution is 0.666. The topological polar surface area (TPSA) is 118 Å². The van der Waals surface area contributed by atoms with Crippen LogP contribution >= 0.6 is 0 Å². The number of hydrogen-bond donors (Lipinski definition) is 2. The lowest BCUT2D eigenvalue weighted by Gasteiger charge is -2.01. The minimum atomic E-state index is 0.133. The molecule has 0 aliphatic heterocycles. The maximum Gasteiger partial charge on any atom is 0.252 e. The van der Waals surface area contributed by atoms with E-state index in [1.54, 1.807) is 6.20 Å². The van der Waals surface area contributed by atoms with E-state index in [1.165, 1.54) is 17.2 Å². The van der Waals surface area contributed by atoms with E-state index in [0.29, 0.717) is 18.1 Å². The Bertz CT molecular complexity index is 508. The highest BCUT2D eigenvalue weighted by Gasteiger charge is 2.01. The van der Waals surface area contributed by atoms with E-state index in [2.05, 4.69) is 25.5 Å². The maximum atomic E-state index is 8.55. The molecule has 0 fully saturated rings. The second-order valence-electron chi connectivity index (χ2n) is 2.91. The van der Waals surface area contributed by atoms with E-state index >= 15 is 0 Å². The molecule has 8 nitrogen and oxygen atoms in total. The Labute approximate surface area is 90.7 Å². The minimum Gasteiger partial charge on any atom is -0.307 e. The molecule has 3 N–H and O–H groups in total. The van der Waals surface area contributed by atoms with Crippen LogP contribution in [-0.2, 0) is 6.54 Å². The second kappa shape index (κ2) is 4.33. The van der Waals surface area contributed by atoms with Gasteiger partial charge in [-0.25, -0.2) is 20.5 Å². The maximum absolute atomic E-state index is 8.55. The van der Waals surface area contributed by atoms with Gasteiger partial charge in [0.25, 0.3) is 5.82 Å². The van der Waals surface area contributed by atoms with Crippen LogP contribution in [0.5, 0.6) is 0 Å². The van der Waals surface area contributed by atoms with Crippen molar-refractivity contribution in [3.05, 3.63) is 30.2 Å². The van der Waals surface area contributed by atoms with Gasteiger partial charge in [0.1, 0.15) is 12.4 Å². The van der Waals surface area contributed by atoms with E-state index in [-0.39, 0.29) is 5.82 Å². The fourth-order valence-corrected chi connectivity index (χ4v) is 1.10. The SMILES string of the molecule is N#Cc1ncn(Cc2cnc(NN)cn2)n1. The first-order chi connectivity index (χ1) is 7.81. The van der Waals surface area contributed by atoms with Crippen molar-refractivity contribution in [3.8, 4) is 6.07 Å². The summed E-state index contributed by atoms with van der Waals surface area (Å²) in [4.78, 5) is 11.9. The monoisotopic (exact) mass is 216 g/mol. The molecule has 80 valence electrons. The summed E-state index contributed by atoms with van der Waals surface area (Å²) in [5.41, 5.74) is 3.08. The van der Waals surface area contributed by atoms with Gasteiger partial charge < -0.3 is 5.43 Å². The van der Waals surface area contributed by atoms with E-state index < -0.39 is 0 Å². The zero-order chi connectivity index (χ0) is 11.4. The predicted octanol–water partition coefficient (Wildman–Crippen LogP) is -0.726. The van der Waals surface area contributed by atoms with Gasteiger partial charge in [0.2, 0.25) is 0 Å². The first-order valence-electron chi connectivity index (χ1n) is 4.39. The Morgan fingerprint density at radius 2 is 2.25 bits per heavy atom. The molecule has 0 atom stereocenters. The van der Waals surface area contributed by atoms with Crippen molar-refractivity contribution in [2.45, 2.75) is 6.54 Å². The van der Waals surface area contributed by atoms with Crippen LogP contribution in [0, 0.1) is 11.3 Å². The fraction of sp³-hybridized carbons (Fsp3) is 0.125. The fourth-order valence-electron chi connectivity index (χ4n) is 1.10. The molecule has 0 bridgehead atoms. The summed E-state index contributed by atoms with van der Waals surface area (Å²) in [6, 6.07) is 1.85. The van der Waals surface area contributed by atoms with Crippen LogP contribution in [0.15, 0.2) is 18.7 Å². The number of rotatable bonds is 3. The normalized spacial score (nSPS) is 9.75. The molecular formula is C8H8N8. The van der Waals surface area contributed by atoms with Crippen molar-refractivity contribution in [2.75, 3.05) is 5.43 Å². The number of nitrogen functional groups attached to an aromatic ring is 1. The summed E-state index contributed by atoms with van der Waals surface area (Å²) in [7, 11) is 0. The number of aromatic nitrogens is 5. The molecule has 0 unspecified atom stereocenters. The Hall–Kier alpha value is -2.53. The first-order valence-corrected chi connectivity index (χ1v) is 4.39. The zero-order valence-corrected chi connectivity index (χ0v) is 8.20. The van der Waals surface area contributed by atoms with Crippen molar-refractivity contribution < 1.29 is 0 Å². The Balaban J connectivity index is 2.11. The molecule has 2 rings (SSSR count). The number of hydrazine groups is 1. The molecule has 0 saturated heterocycles. The average molecular weight is 216 g/mol. The molecule has 0 aliphatic rings. The Morgan fingerprint density at radius 3 is 2.81 bits per heavy atom. The van der Waals surface area contributed by atoms with Gasteiger partial charge in [-0.15, -0.1) is 5.10 Å². The first kappa shape index (κ1) is 10.0. The number of nitrogens with two attached hydrogens (primary N) is 1. The van der Waals surface area contributed by atoms with Gasteiger partial charge in [-0.1, -0.05) is 0 Å². The highest BCUT2D eigenvalue weighted by atomic mass is 15.3. The van der Waals surface area contributed by atoms with Gasteiger partial charge >= 0.3 is 0 Å². The van der Waals surface area contributed by atoms with E-state index in [1.807, 2.05) is 6.07 Å². The molecule has 0 saturated carbocycles. The van der Waals surface area contributed by atoms with Crippen molar-refractivity contribution in [1.29, 1.82) is 5.26 Å². The summed E-state index contributed by atoms with van der Waals surface area (Å²) in [5, 5.41) is 12.4. The number of nitriles is 1. The van der Waals surface area contributed by atoms with Gasteiger partial charge in [-0.05, 0) is 0 Å². The third kappa shape index (κ3) is 2.10. The molecule has 8 heteroatoms. The molecule has 0 aromatic carbocycles. The molecule has 0 amide bonds. The van der Waals surface area contributed by atoms with Crippen LogP contribution in [0.2, 0.25) is 0 Å². The second-order valence-corrected chi connectivity index (χ2v) is 2.91. The summed E-state index contributed by atoms with van der Waals surface area (Å²) in [6.07, 6.45) is 4.55. The molecular weight excluding hydrogens is 208 g/mol. The predicted molar refractivity (Wildman–Crippen MR) is 53.7 cm³/mol. The number of hydrogen-bond acceptors (Lipinski definition) is 7. The van der Waals surface area contributed by atoms with Crippen LogP contribution in [0.4, 0.5) is 5.82 Å². The van der Waals surface area contributed by atoms with Gasteiger partial charge in [0.05, 0.1) is 24.6 Å². The summed E-state index contributed by atoms with van der Waals surface area (Å²) >= 11 is 0. The zero-order valence-electron chi connectivity index (χ0n) is 8.20. The van der Waals surface area contributed by atoms with Gasteiger partial charge in [-0.3, -0.25) is 4.98 Å². The molecule has 2 heterocycles. The van der Waals surface area contributed by atoms with E-state index in [0.717, 1.165) is 0 Å². The van der Waals surface area contributed by atoms with Crippen LogP contribution in [0.1, 0.15) is 11.5 Å². The quantitative estimate of drug-likeness (QED) is 0.513. The molecule has 2 aromatic rings. The number of anilines is 1.